The van der Waals surface area contributed by atoms with Gasteiger partial charge in [-0.3, -0.25) is 14.9 Å². The van der Waals surface area contributed by atoms with Crippen LogP contribution in [0.15, 0.2) is 66.2 Å². The number of aliphatic hydroxyl groups excluding tert-OH is 1. The Labute approximate surface area is 283 Å². The van der Waals surface area contributed by atoms with Crippen LogP contribution in [0.4, 0.5) is 13.2 Å². The lowest BCUT2D eigenvalue weighted by molar-refractivity contribution is -0.131. The molecule has 2 aliphatic heterocycles. The highest BCUT2D eigenvalue weighted by Gasteiger charge is 2.50. The van der Waals surface area contributed by atoms with Crippen LogP contribution in [0, 0.1) is 17.5 Å². The Morgan fingerprint density at radius 1 is 1.06 bits per heavy atom. The molecule has 1 aliphatic carbocycles. The third kappa shape index (κ3) is 7.32. The van der Waals surface area contributed by atoms with Crippen molar-refractivity contribution >= 4 is 28.9 Å². The molecule has 3 aromatic carbocycles. The Hall–Kier alpha value is -3.70. The summed E-state index contributed by atoms with van der Waals surface area (Å²) in [7, 11) is 0. The molecule has 3 aliphatic rings. The van der Waals surface area contributed by atoms with Crippen LogP contribution >= 0.6 is 11.6 Å². The van der Waals surface area contributed by atoms with Crippen molar-refractivity contribution in [3.8, 4) is 5.75 Å². The fourth-order valence-corrected chi connectivity index (χ4v) is 6.91. The van der Waals surface area contributed by atoms with Gasteiger partial charge in [0.15, 0.2) is 23.2 Å². The number of ketones is 1. The largest absolute Gasteiger partial charge is 0.488 e. The van der Waals surface area contributed by atoms with E-state index in [2.05, 4.69) is 10.6 Å². The topological polar surface area (TPSA) is 90.9 Å². The number of fused-ring (bicyclic) bond motifs is 2. The van der Waals surface area contributed by atoms with E-state index in [1.807, 2.05) is 53.4 Å². The molecule has 2 bridgehead atoms. The SMILES string of the molecule is CC(O)CC(=O)[C@]12CNC[C@H](N1)C(C(=O)N(Cc1ccccc1Cl)C1CC1)=C(c1ccc(CCCOc3c(F)ccc(F)c3F)cc1)C2. The number of Topliss-reactive ketones (excluding diaryl/α,β-unsaturated/α-hetero) is 1. The predicted molar refractivity (Wildman–Crippen MR) is 177 cm³/mol. The highest BCUT2D eigenvalue weighted by molar-refractivity contribution is 6.31. The molecule has 1 saturated heterocycles. The zero-order valence-electron chi connectivity index (χ0n) is 26.7. The monoisotopic (exact) mass is 681 g/mol. The van der Waals surface area contributed by atoms with E-state index in [1.165, 1.54) is 0 Å². The predicted octanol–water partition coefficient (Wildman–Crippen LogP) is 5.76. The summed E-state index contributed by atoms with van der Waals surface area (Å²) in [4.78, 5) is 30.1. The van der Waals surface area contributed by atoms with Crippen LogP contribution < -0.4 is 15.4 Å². The van der Waals surface area contributed by atoms with Crippen LogP contribution in [0.2, 0.25) is 5.02 Å². The molecule has 0 aromatic heterocycles. The van der Waals surface area contributed by atoms with Gasteiger partial charge in [-0.2, -0.15) is 4.39 Å². The number of carbonyl (C=O) groups excluding carboxylic acids is 2. The van der Waals surface area contributed by atoms with Crippen molar-refractivity contribution in [3.63, 3.8) is 0 Å². The summed E-state index contributed by atoms with van der Waals surface area (Å²) < 4.78 is 46.6. The molecule has 254 valence electrons. The summed E-state index contributed by atoms with van der Waals surface area (Å²) >= 11 is 6.51. The van der Waals surface area contributed by atoms with E-state index in [0.29, 0.717) is 49.1 Å². The number of halogens is 4. The zero-order chi connectivity index (χ0) is 34.0. The number of hydrogen-bond donors (Lipinski definition) is 3. The summed E-state index contributed by atoms with van der Waals surface area (Å²) in [6.45, 7) is 2.78. The van der Waals surface area contributed by atoms with Crippen molar-refractivity contribution in [1.29, 1.82) is 0 Å². The minimum absolute atomic E-state index is 0.0108. The zero-order valence-corrected chi connectivity index (χ0v) is 27.5. The highest BCUT2D eigenvalue weighted by Crippen LogP contribution is 2.40. The van der Waals surface area contributed by atoms with Crippen molar-refractivity contribution in [1.82, 2.24) is 15.5 Å². The van der Waals surface area contributed by atoms with Crippen molar-refractivity contribution in [2.24, 2.45) is 0 Å². The molecule has 1 unspecified atom stereocenters. The van der Waals surface area contributed by atoms with Crippen molar-refractivity contribution < 1.29 is 32.6 Å². The first kappa shape index (κ1) is 34.2. The van der Waals surface area contributed by atoms with Gasteiger partial charge in [-0.05, 0) is 73.1 Å². The van der Waals surface area contributed by atoms with Crippen molar-refractivity contribution in [2.75, 3.05) is 19.7 Å². The minimum Gasteiger partial charge on any atom is -0.488 e. The van der Waals surface area contributed by atoms with Gasteiger partial charge in [0.05, 0.1) is 24.3 Å². The Bertz CT molecular complexity index is 1710. The molecule has 3 aromatic rings. The van der Waals surface area contributed by atoms with E-state index in [1.54, 1.807) is 6.92 Å². The van der Waals surface area contributed by atoms with Gasteiger partial charge in [0.1, 0.15) is 0 Å². The summed E-state index contributed by atoms with van der Waals surface area (Å²) in [5.41, 5.74) is 3.04. The smallest absolute Gasteiger partial charge is 0.252 e. The van der Waals surface area contributed by atoms with Gasteiger partial charge < -0.3 is 20.1 Å². The second-order valence-electron chi connectivity index (χ2n) is 13.0. The average molecular weight is 682 g/mol. The number of nitrogens with one attached hydrogen (secondary N) is 2. The molecule has 0 spiro atoms. The fourth-order valence-electron chi connectivity index (χ4n) is 6.72. The number of aliphatic hydroxyl groups is 1. The number of carbonyl (C=O) groups is 2. The molecular weight excluding hydrogens is 643 g/mol. The third-order valence-electron chi connectivity index (χ3n) is 9.33. The number of benzene rings is 3. The molecule has 1 amide bonds. The first-order valence-electron chi connectivity index (χ1n) is 16.4. The van der Waals surface area contributed by atoms with Crippen LogP contribution in [0.25, 0.3) is 5.57 Å². The molecule has 3 atom stereocenters. The van der Waals surface area contributed by atoms with Crippen LogP contribution in [-0.4, -0.2) is 65.1 Å². The van der Waals surface area contributed by atoms with Crippen molar-refractivity contribution in [2.45, 2.75) is 75.7 Å². The first-order chi connectivity index (χ1) is 23.1. The average Bonchev–Trinajstić information content (AvgIpc) is 3.91. The normalized spacial score (nSPS) is 21.2. The van der Waals surface area contributed by atoms with Crippen LogP contribution in [0.3, 0.4) is 0 Å². The molecule has 11 heteroatoms. The van der Waals surface area contributed by atoms with E-state index in [-0.39, 0.29) is 37.2 Å². The Balaban J connectivity index is 1.27. The van der Waals surface area contributed by atoms with E-state index in [0.717, 1.165) is 41.2 Å². The summed E-state index contributed by atoms with van der Waals surface area (Å²) in [5, 5.41) is 17.6. The number of piperazine rings is 1. The molecule has 48 heavy (non-hydrogen) atoms. The molecule has 2 heterocycles. The number of aryl methyl sites for hydroxylation is 1. The summed E-state index contributed by atoms with van der Waals surface area (Å²) in [6, 6.07) is 16.4. The lowest BCUT2D eigenvalue weighted by atomic mass is 9.73. The van der Waals surface area contributed by atoms with E-state index in [9.17, 15) is 27.9 Å². The minimum atomic E-state index is -1.35. The Morgan fingerprint density at radius 2 is 1.79 bits per heavy atom. The maximum absolute atomic E-state index is 14.6. The Kier molecular flexibility index (Phi) is 10.3. The van der Waals surface area contributed by atoms with Crippen LogP contribution in [0.1, 0.15) is 55.7 Å². The highest BCUT2D eigenvalue weighted by atomic mass is 35.5. The summed E-state index contributed by atoms with van der Waals surface area (Å²) in [5.74, 6) is -4.42. The second-order valence-corrected chi connectivity index (χ2v) is 13.4. The van der Waals surface area contributed by atoms with Gasteiger partial charge in [-0.1, -0.05) is 54.1 Å². The lowest BCUT2D eigenvalue weighted by Crippen LogP contribution is -2.70. The quantitative estimate of drug-likeness (QED) is 0.157. The molecule has 7 nitrogen and oxygen atoms in total. The van der Waals surface area contributed by atoms with Gasteiger partial charge in [0.25, 0.3) is 5.91 Å². The van der Waals surface area contributed by atoms with E-state index >= 15 is 0 Å². The number of ether oxygens (including phenoxy) is 1. The molecule has 3 N–H and O–H groups in total. The van der Waals surface area contributed by atoms with E-state index in [4.69, 9.17) is 16.3 Å². The van der Waals surface area contributed by atoms with E-state index < -0.39 is 40.9 Å². The lowest BCUT2D eigenvalue weighted by Gasteiger charge is -2.48. The molecule has 2 fully saturated rings. The summed E-state index contributed by atoms with van der Waals surface area (Å²) in [6.07, 6.45) is 2.22. The van der Waals surface area contributed by atoms with Gasteiger partial charge >= 0.3 is 0 Å². The fraction of sp³-hybridized carbons (Fsp3) is 0.405. The van der Waals surface area contributed by atoms with Crippen LogP contribution in [-0.2, 0) is 22.6 Å². The van der Waals surface area contributed by atoms with Gasteiger partial charge in [0.2, 0.25) is 5.82 Å². The third-order valence-corrected chi connectivity index (χ3v) is 9.70. The number of rotatable bonds is 13. The molecular formula is C37H39ClF3N3O4. The maximum Gasteiger partial charge on any atom is 0.252 e. The van der Waals surface area contributed by atoms with Gasteiger partial charge in [0, 0.05) is 49.1 Å². The second kappa shape index (κ2) is 14.4. The van der Waals surface area contributed by atoms with Gasteiger partial charge in [-0.15, -0.1) is 0 Å². The molecule has 0 radical (unpaired) electrons. The number of nitrogens with zero attached hydrogens (tertiary/aromatic N) is 1. The van der Waals surface area contributed by atoms with Gasteiger partial charge in [-0.25, -0.2) is 8.78 Å². The van der Waals surface area contributed by atoms with Crippen molar-refractivity contribution in [3.05, 3.63) is 105 Å². The Morgan fingerprint density at radius 3 is 2.50 bits per heavy atom. The maximum atomic E-state index is 14.6. The first-order valence-corrected chi connectivity index (χ1v) is 16.8. The standard InChI is InChI=1S/C37H39ClF3N3O4/c1-22(45)17-32(46)37-18-27(24-10-8-23(9-11-24)5-4-16-48-35-30(40)15-14-29(39)34(35)41)33(31(43-37)19-42-21-37)36(47)44(26-12-13-26)20-25-6-2-3-7-28(25)38/h2-3,6-11,14-15,22,26,31,42-43,45H,4-5,12-13,16-21H2,1H3/t22?,31-,37-/m0/s1. The van der Waals surface area contributed by atoms with Crippen LogP contribution in [0.5, 0.6) is 5.75 Å². The molecule has 6 rings (SSSR count). The number of amides is 1. The molecule has 1 saturated carbocycles. The number of hydrogen-bond acceptors (Lipinski definition) is 6.